The van der Waals surface area contributed by atoms with Crippen LogP contribution in [-0.2, 0) is 9.59 Å². The van der Waals surface area contributed by atoms with Gasteiger partial charge in [0.05, 0.1) is 24.3 Å². The number of thioether (sulfide) groups is 1. The Morgan fingerprint density at radius 3 is 2.65 bits per heavy atom. The fourth-order valence-electron chi connectivity index (χ4n) is 6.31. The number of nitrogens with zero attached hydrogens (tertiary/aromatic N) is 3. The van der Waals surface area contributed by atoms with Crippen molar-refractivity contribution >= 4 is 35.3 Å². The number of hydrogen-bond donors (Lipinski definition) is 1. The predicted molar refractivity (Wildman–Crippen MR) is 170 cm³/mol. The minimum Gasteiger partial charge on any atom is -0.493 e. The van der Waals surface area contributed by atoms with Crippen LogP contribution in [0.2, 0.25) is 0 Å². The number of hydrogen-bond acceptors (Lipinski definition) is 7. The Morgan fingerprint density at radius 1 is 1.12 bits per heavy atom. The molecule has 5 rings (SSSR count). The summed E-state index contributed by atoms with van der Waals surface area (Å²) in [5, 5.41) is 3.42. The van der Waals surface area contributed by atoms with Crippen molar-refractivity contribution in [2.45, 2.75) is 43.9 Å². The summed E-state index contributed by atoms with van der Waals surface area (Å²) in [6, 6.07) is 12.7. The normalized spacial score (nSPS) is 23.7. The number of amides is 2. The molecule has 10 heteroatoms. The van der Waals surface area contributed by atoms with E-state index in [1.54, 1.807) is 24.9 Å². The van der Waals surface area contributed by atoms with Crippen LogP contribution in [0.4, 0.5) is 10.1 Å². The van der Waals surface area contributed by atoms with E-state index in [1.807, 2.05) is 55.3 Å². The molecule has 0 bridgehead atoms. The summed E-state index contributed by atoms with van der Waals surface area (Å²) in [6.07, 6.45) is 5.21. The summed E-state index contributed by atoms with van der Waals surface area (Å²) in [7, 11) is 3.47. The lowest BCUT2D eigenvalue weighted by Gasteiger charge is -2.44. The maximum Gasteiger partial charge on any atom is 0.260 e. The highest BCUT2D eigenvalue weighted by molar-refractivity contribution is 8.04. The number of piperazine rings is 1. The zero-order valence-corrected chi connectivity index (χ0v) is 26.2. The molecule has 2 saturated heterocycles. The standard InChI is InChI=1S/C33H43FN4O4S/c1-4-42-28-12-10-23(20-29(28)41-3)21-31-33(40)36(2)27-22-24(11-13-30(27)43-31)32(39)35-14-7-15-37-16-18-38(19-17-37)26-9-6-5-8-25(26)34/h5-6,8-10,12,20-21,24,27,30H,4,7,11,13-19,22H2,1-3H3,(H,35,39)/b31-21+. The largest absolute Gasteiger partial charge is 0.493 e. The van der Waals surface area contributed by atoms with Crippen molar-refractivity contribution in [3.05, 3.63) is 58.8 Å². The molecule has 2 aliphatic heterocycles. The second-order valence-corrected chi connectivity index (χ2v) is 12.7. The van der Waals surface area contributed by atoms with Gasteiger partial charge in [-0.2, -0.15) is 0 Å². The molecule has 0 aromatic heterocycles. The van der Waals surface area contributed by atoms with Crippen LogP contribution in [0.25, 0.3) is 6.08 Å². The number of para-hydroxylation sites is 1. The monoisotopic (exact) mass is 610 g/mol. The molecule has 3 fully saturated rings. The van der Waals surface area contributed by atoms with Gasteiger partial charge in [0.2, 0.25) is 5.91 Å². The summed E-state index contributed by atoms with van der Waals surface area (Å²) in [5.74, 6) is 1.17. The number of benzene rings is 2. The molecule has 1 saturated carbocycles. The van der Waals surface area contributed by atoms with E-state index in [1.165, 1.54) is 6.07 Å². The van der Waals surface area contributed by atoms with Crippen LogP contribution in [0.3, 0.4) is 0 Å². The van der Waals surface area contributed by atoms with Crippen LogP contribution in [0.5, 0.6) is 11.5 Å². The van der Waals surface area contributed by atoms with Gasteiger partial charge in [0.25, 0.3) is 5.91 Å². The van der Waals surface area contributed by atoms with E-state index in [9.17, 15) is 14.0 Å². The van der Waals surface area contributed by atoms with Crippen molar-refractivity contribution in [1.82, 2.24) is 15.1 Å². The molecule has 3 unspecified atom stereocenters. The molecule has 0 spiro atoms. The third-order valence-corrected chi connectivity index (χ3v) is 10.1. The van der Waals surface area contributed by atoms with E-state index in [0.717, 1.165) is 57.5 Å². The molecule has 2 heterocycles. The molecule has 0 radical (unpaired) electrons. The van der Waals surface area contributed by atoms with Gasteiger partial charge in [0.15, 0.2) is 11.5 Å². The van der Waals surface area contributed by atoms with Gasteiger partial charge in [-0.25, -0.2) is 4.39 Å². The Balaban J connectivity index is 1.07. The Morgan fingerprint density at radius 2 is 1.91 bits per heavy atom. The lowest BCUT2D eigenvalue weighted by atomic mass is 9.83. The first-order valence-corrected chi connectivity index (χ1v) is 16.2. The van der Waals surface area contributed by atoms with E-state index in [-0.39, 0.29) is 34.8 Å². The Kier molecular flexibility index (Phi) is 10.5. The van der Waals surface area contributed by atoms with Crippen LogP contribution in [0.15, 0.2) is 47.4 Å². The molecule has 3 atom stereocenters. The summed E-state index contributed by atoms with van der Waals surface area (Å²) in [5.41, 5.74) is 1.57. The first-order chi connectivity index (χ1) is 20.9. The second-order valence-electron chi connectivity index (χ2n) is 11.4. The molecule has 1 aliphatic carbocycles. The minimum atomic E-state index is -0.169. The van der Waals surface area contributed by atoms with Crippen molar-refractivity contribution in [2.75, 3.05) is 64.9 Å². The number of nitrogens with one attached hydrogen (secondary N) is 1. The summed E-state index contributed by atoms with van der Waals surface area (Å²) in [6.45, 7) is 7.39. The third-order valence-electron chi connectivity index (χ3n) is 8.73. The average Bonchev–Trinajstić information content (AvgIpc) is 3.03. The number of rotatable bonds is 10. The average molecular weight is 611 g/mol. The predicted octanol–water partition coefficient (Wildman–Crippen LogP) is 4.64. The quantitative estimate of drug-likeness (QED) is 0.310. The van der Waals surface area contributed by atoms with Crippen LogP contribution in [0, 0.1) is 11.7 Å². The zero-order valence-electron chi connectivity index (χ0n) is 25.4. The highest BCUT2D eigenvalue weighted by Crippen LogP contribution is 2.43. The minimum absolute atomic E-state index is 0.00439. The summed E-state index contributed by atoms with van der Waals surface area (Å²) >= 11 is 1.64. The smallest absolute Gasteiger partial charge is 0.260 e. The van der Waals surface area contributed by atoms with E-state index < -0.39 is 0 Å². The Labute approximate surface area is 258 Å². The van der Waals surface area contributed by atoms with E-state index in [4.69, 9.17) is 9.47 Å². The van der Waals surface area contributed by atoms with E-state index in [0.29, 0.717) is 41.7 Å². The number of carbonyl (C=O) groups excluding carboxylic acids is 2. The number of halogens is 1. The van der Waals surface area contributed by atoms with Crippen LogP contribution < -0.4 is 19.7 Å². The number of likely N-dealkylation sites (N-methyl/N-ethyl adjacent to an activating group) is 1. The van der Waals surface area contributed by atoms with Crippen molar-refractivity contribution in [1.29, 1.82) is 0 Å². The molecular formula is C33H43FN4O4S. The topological polar surface area (TPSA) is 74.4 Å². The summed E-state index contributed by atoms with van der Waals surface area (Å²) in [4.78, 5) is 33.4. The van der Waals surface area contributed by atoms with E-state index >= 15 is 0 Å². The fraction of sp³-hybridized carbons (Fsp3) is 0.515. The molecule has 3 aliphatic rings. The maximum absolute atomic E-state index is 14.1. The van der Waals surface area contributed by atoms with Gasteiger partial charge < -0.3 is 24.6 Å². The van der Waals surface area contributed by atoms with Crippen LogP contribution >= 0.6 is 11.8 Å². The van der Waals surface area contributed by atoms with Crippen LogP contribution in [0.1, 0.15) is 38.2 Å². The fourth-order valence-corrected chi connectivity index (χ4v) is 7.79. The number of fused-ring (bicyclic) bond motifs is 1. The Bertz CT molecular complexity index is 1320. The lowest BCUT2D eigenvalue weighted by molar-refractivity contribution is -0.131. The molecular weight excluding hydrogens is 567 g/mol. The van der Waals surface area contributed by atoms with Gasteiger partial charge in [0, 0.05) is 57.0 Å². The van der Waals surface area contributed by atoms with Gasteiger partial charge in [-0.15, -0.1) is 11.8 Å². The number of carbonyl (C=O) groups is 2. The van der Waals surface area contributed by atoms with Crippen molar-refractivity contribution in [2.24, 2.45) is 5.92 Å². The molecule has 2 aromatic carbocycles. The number of ether oxygens (including phenoxy) is 2. The van der Waals surface area contributed by atoms with Crippen molar-refractivity contribution < 1.29 is 23.5 Å². The molecule has 43 heavy (non-hydrogen) atoms. The van der Waals surface area contributed by atoms with Gasteiger partial charge in [0.1, 0.15) is 5.82 Å². The highest BCUT2D eigenvalue weighted by atomic mass is 32.2. The van der Waals surface area contributed by atoms with Gasteiger partial charge in [-0.1, -0.05) is 18.2 Å². The molecule has 2 amide bonds. The lowest BCUT2D eigenvalue weighted by Crippen LogP contribution is -2.52. The van der Waals surface area contributed by atoms with Gasteiger partial charge >= 0.3 is 0 Å². The van der Waals surface area contributed by atoms with E-state index in [2.05, 4.69) is 15.1 Å². The van der Waals surface area contributed by atoms with Crippen molar-refractivity contribution in [3.8, 4) is 11.5 Å². The summed E-state index contributed by atoms with van der Waals surface area (Å²) < 4.78 is 25.2. The van der Waals surface area contributed by atoms with Gasteiger partial charge in [-0.05, 0) is 75.1 Å². The van der Waals surface area contributed by atoms with Gasteiger partial charge in [-0.3, -0.25) is 14.5 Å². The molecule has 232 valence electrons. The molecule has 1 N–H and O–H groups in total. The van der Waals surface area contributed by atoms with Crippen molar-refractivity contribution in [3.63, 3.8) is 0 Å². The number of anilines is 1. The first kappa shape index (κ1) is 31.2. The highest BCUT2D eigenvalue weighted by Gasteiger charge is 2.42. The SMILES string of the molecule is CCOc1ccc(/C=C2/SC3CCC(C(=O)NCCCN4CCN(c5ccccc5F)CC4)CC3N(C)C2=O)cc1OC. The zero-order chi connectivity index (χ0) is 30.3. The first-order valence-electron chi connectivity index (χ1n) is 15.3. The Hall–Kier alpha value is -3.24. The number of methoxy groups -OCH3 is 1. The second kappa shape index (κ2) is 14.5. The maximum atomic E-state index is 14.1. The molecule has 2 aromatic rings. The van der Waals surface area contributed by atoms with Crippen LogP contribution in [-0.4, -0.2) is 92.9 Å². The third kappa shape index (κ3) is 7.47. The molecule has 8 nitrogen and oxygen atoms in total.